The van der Waals surface area contributed by atoms with Crippen LogP contribution in [0.1, 0.15) is 0 Å². The highest BCUT2D eigenvalue weighted by molar-refractivity contribution is 6.15. The van der Waals surface area contributed by atoms with E-state index in [1.165, 1.54) is 198 Å². The molecule has 0 fully saturated rings. The molecule has 0 radical (unpaired) electrons. The van der Waals surface area contributed by atoms with Gasteiger partial charge < -0.3 is 18.3 Å². The van der Waals surface area contributed by atoms with Crippen molar-refractivity contribution in [3.8, 4) is 134 Å². The second kappa shape index (κ2) is 31.1. The Balaban J connectivity index is 0.000000146. The molecule has 4 heterocycles. The van der Waals surface area contributed by atoms with E-state index >= 15 is 0 Å². The summed E-state index contributed by atoms with van der Waals surface area (Å²) in [6.45, 7) is 0. The number of nitrogens with zero attached hydrogens (tertiary/aromatic N) is 4. The summed E-state index contributed by atoms with van der Waals surface area (Å²) >= 11 is 0. The Hall–Kier alpha value is -16.4. The lowest BCUT2D eigenvalue weighted by Gasteiger charge is -2.10. The Morgan fingerprint density at radius 2 is 0.226 bits per heavy atom. The lowest BCUT2D eigenvalue weighted by atomic mass is 9.97. The van der Waals surface area contributed by atoms with Gasteiger partial charge in [-0.05, 0) is 233 Å². The molecule has 124 heavy (non-hydrogen) atoms. The van der Waals surface area contributed by atoms with E-state index in [2.05, 4.69) is 504 Å². The Labute approximate surface area is 719 Å². The van der Waals surface area contributed by atoms with Gasteiger partial charge in [-0.3, -0.25) is 0 Å². The van der Waals surface area contributed by atoms with Gasteiger partial charge in [0.05, 0.1) is 44.1 Å². The minimum Gasteiger partial charge on any atom is -0.309 e. The fraction of sp³-hybridized carbons (Fsp3) is 0. The summed E-state index contributed by atoms with van der Waals surface area (Å²) in [7, 11) is 0. The van der Waals surface area contributed by atoms with Gasteiger partial charge in [-0.2, -0.15) is 0 Å². The number of benzene rings is 20. The quantitative estimate of drug-likeness (QED) is 0.103. The average molecular weight is 1580 g/mol. The third kappa shape index (κ3) is 13.2. The summed E-state index contributed by atoms with van der Waals surface area (Å²) in [6, 6.07) is 177. The van der Waals surface area contributed by atoms with Crippen molar-refractivity contribution in [2.45, 2.75) is 0 Å². The van der Waals surface area contributed by atoms with Crippen LogP contribution >= 0.6 is 0 Å². The topological polar surface area (TPSA) is 19.7 Å². The van der Waals surface area contributed by atoms with Crippen LogP contribution in [0.15, 0.2) is 485 Å². The lowest BCUT2D eigenvalue weighted by molar-refractivity contribution is 1.18. The first-order chi connectivity index (χ1) is 61.5. The monoisotopic (exact) mass is 1580 g/mol. The molecule has 4 aromatic heterocycles. The van der Waals surface area contributed by atoms with Crippen LogP contribution in [-0.2, 0) is 0 Å². The second-order valence-electron chi connectivity index (χ2n) is 32.3. The maximum atomic E-state index is 2.41. The largest absolute Gasteiger partial charge is 0.309 e. The van der Waals surface area contributed by atoms with Crippen molar-refractivity contribution < 1.29 is 0 Å². The molecule has 0 saturated heterocycles. The molecule has 0 spiro atoms. The van der Waals surface area contributed by atoms with Crippen LogP contribution in [0.25, 0.3) is 221 Å². The molecule has 0 unspecified atom stereocenters. The van der Waals surface area contributed by atoms with Crippen LogP contribution in [0.5, 0.6) is 0 Å². The van der Waals surface area contributed by atoms with Gasteiger partial charge in [-0.25, -0.2) is 0 Å². The molecule has 0 aliphatic carbocycles. The molecule has 24 rings (SSSR count). The van der Waals surface area contributed by atoms with Crippen LogP contribution in [0.2, 0.25) is 0 Å². The van der Waals surface area contributed by atoms with E-state index in [1.54, 1.807) is 0 Å². The zero-order chi connectivity index (χ0) is 82.0. The molecule has 0 amide bonds. The summed E-state index contributed by atoms with van der Waals surface area (Å²) in [4.78, 5) is 0. The first-order valence-corrected chi connectivity index (χ1v) is 42.7. The minimum absolute atomic E-state index is 1.15. The van der Waals surface area contributed by atoms with Gasteiger partial charge in [0.15, 0.2) is 0 Å². The highest BCUT2D eigenvalue weighted by Crippen LogP contribution is 2.45. The fourth-order valence-electron chi connectivity index (χ4n) is 18.9. The van der Waals surface area contributed by atoms with Crippen molar-refractivity contribution >= 4 is 87.2 Å². The molecular weight excluding hydrogens is 1500 g/mol. The standard InChI is InChI=1S/C66H44N2.C54H36N2/c1-5-13-45(14-6-1)47-21-25-51(26-22-47)55-33-37-59-61-41-53(35-39-63(61)67(65(59)43-55)57-17-9-3-10-18-57)49-29-31-50(32-30-49)54-36-40-64-62(42-54)60-38-34-56(44-66(60)68(64)58-19-11-4-12-20-58)52-27-23-48(24-28-52)46-15-7-2-8-16-46;1-5-13-37(14-6-1)43-25-29-47-49-33-41(27-31-51(49)55(53(47)35-43)45-17-9-3-10-18-45)39-21-23-40(24-22-39)42-28-32-52-50(34-42)48-30-26-44(38-15-7-2-8-16-38)36-54(48)56(52)46-19-11-4-12-20-46/h1-44H;1-36H. The smallest absolute Gasteiger partial charge is 0.0547 e. The summed E-state index contributed by atoms with van der Waals surface area (Å²) in [5, 5.41) is 9.96. The summed E-state index contributed by atoms with van der Waals surface area (Å²) in [5.74, 6) is 0. The Morgan fingerprint density at radius 3 is 0.419 bits per heavy atom. The Morgan fingerprint density at radius 1 is 0.0887 bits per heavy atom. The van der Waals surface area contributed by atoms with E-state index in [-0.39, 0.29) is 0 Å². The highest BCUT2D eigenvalue weighted by Gasteiger charge is 2.22. The summed E-state index contributed by atoms with van der Waals surface area (Å²) in [5.41, 5.74) is 38.4. The first kappa shape index (κ1) is 72.8. The molecule has 24 aromatic rings. The third-order valence-electron chi connectivity index (χ3n) is 25.1. The zero-order valence-corrected chi connectivity index (χ0v) is 68.0. The fourth-order valence-corrected chi connectivity index (χ4v) is 18.9. The van der Waals surface area contributed by atoms with Crippen LogP contribution < -0.4 is 0 Å². The Bertz CT molecular complexity index is 7610. The van der Waals surface area contributed by atoms with Crippen molar-refractivity contribution in [3.05, 3.63) is 485 Å². The first-order valence-electron chi connectivity index (χ1n) is 42.7. The number of hydrogen-bond acceptors (Lipinski definition) is 0. The van der Waals surface area contributed by atoms with E-state index in [1.807, 2.05) is 0 Å². The molecule has 580 valence electrons. The van der Waals surface area contributed by atoms with Crippen molar-refractivity contribution in [2.24, 2.45) is 0 Å². The number of aromatic nitrogens is 4. The molecule has 20 aromatic carbocycles. The molecule has 0 atom stereocenters. The van der Waals surface area contributed by atoms with Gasteiger partial charge in [0.25, 0.3) is 0 Å². The van der Waals surface area contributed by atoms with Crippen LogP contribution in [0, 0.1) is 0 Å². The molecule has 0 saturated carbocycles. The van der Waals surface area contributed by atoms with E-state index in [0.29, 0.717) is 0 Å². The van der Waals surface area contributed by atoms with Crippen molar-refractivity contribution in [1.82, 2.24) is 18.3 Å². The molecular formula is C120H80N4. The summed E-state index contributed by atoms with van der Waals surface area (Å²) < 4.78 is 9.62. The van der Waals surface area contributed by atoms with Crippen LogP contribution in [0.4, 0.5) is 0 Å². The van der Waals surface area contributed by atoms with Gasteiger partial charge in [0.1, 0.15) is 0 Å². The maximum absolute atomic E-state index is 2.41. The number of hydrogen-bond donors (Lipinski definition) is 0. The minimum atomic E-state index is 1.15. The molecule has 4 heteroatoms. The van der Waals surface area contributed by atoms with Gasteiger partial charge >= 0.3 is 0 Å². The van der Waals surface area contributed by atoms with Gasteiger partial charge in [0, 0.05) is 65.8 Å². The number of rotatable bonds is 14. The number of para-hydroxylation sites is 4. The molecule has 0 aliphatic heterocycles. The second-order valence-corrected chi connectivity index (χ2v) is 32.3. The van der Waals surface area contributed by atoms with E-state index in [4.69, 9.17) is 0 Å². The maximum Gasteiger partial charge on any atom is 0.0547 e. The van der Waals surface area contributed by atoms with E-state index < -0.39 is 0 Å². The third-order valence-corrected chi connectivity index (χ3v) is 25.1. The van der Waals surface area contributed by atoms with Gasteiger partial charge in [-0.1, -0.05) is 364 Å². The zero-order valence-electron chi connectivity index (χ0n) is 68.0. The van der Waals surface area contributed by atoms with Gasteiger partial charge in [-0.15, -0.1) is 0 Å². The van der Waals surface area contributed by atoms with Crippen molar-refractivity contribution in [3.63, 3.8) is 0 Å². The van der Waals surface area contributed by atoms with E-state index in [0.717, 1.165) is 22.7 Å². The normalized spacial score (nSPS) is 11.5. The average Bonchev–Trinajstić information content (AvgIpc) is 1.60. The predicted molar refractivity (Wildman–Crippen MR) is 525 cm³/mol. The molecule has 0 bridgehead atoms. The molecule has 4 nitrogen and oxygen atoms in total. The van der Waals surface area contributed by atoms with Crippen LogP contribution in [0.3, 0.4) is 0 Å². The molecule has 0 aliphatic rings. The van der Waals surface area contributed by atoms with Crippen molar-refractivity contribution in [2.75, 3.05) is 0 Å². The SMILES string of the molecule is c1ccc(-c2ccc(-c3ccc4c5cc(-c6ccc(-c7ccc8c(c7)c7ccc(-c9ccc(-c%10ccccc%10)cc9)cc7n8-c7ccccc7)cc6)ccc5n(-c5ccccc5)c4c3)cc2)cc1.c1ccc(-c2ccc3c4cc(-c5ccc(-c6ccc7c(c6)c6ccc(-c8ccccc8)cc6n7-c6ccccc6)cc5)ccc4n(-c4ccccc4)c3c2)cc1. The lowest BCUT2D eigenvalue weighted by Crippen LogP contribution is -1.93. The van der Waals surface area contributed by atoms with Gasteiger partial charge in [0.2, 0.25) is 0 Å². The predicted octanol–water partition coefficient (Wildman–Crippen LogP) is 32.4. The van der Waals surface area contributed by atoms with E-state index in [9.17, 15) is 0 Å². The van der Waals surface area contributed by atoms with Crippen LogP contribution in [-0.4, -0.2) is 18.3 Å². The van der Waals surface area contributed by atoms with Crippen molar-refractivity contribution in [1.29, 1.82) is 0 Å². The summed E-state index contributed by atoms with van der Waals surface area (Å²) in [6.07, 6.45) is 0. The number of fused-ring (bicyclic) bond motifs is 12. The Kier molecular flexibility index (Phi) is 18.2. The molecule has 0 N–H and O–H groups in total. The highest BCUT2D eigenvalue weighted by atomic mass is 15.0.